The average molecular weight is 352 g/mol. The molecular formula is C13H19Cl2N3O2S. The van der Waals surface area contributed by atoms with Gasteiger partial charge in [0.1, 0.15) is 4.90 Å². The highest BCUT2D eigenvalue weighted by molar-refractivity contribution is 7.89. The molecule has 0 aliphatic carbocycles. The normalized spacial score (nSPS) is 18.0. The van der Waals surface area contributed by atoms with Crippen molar-refractivity contribution in [2.45, 2.75) is 30.7 Å². The van der Waals surface area contributed by atoms with E-state index in [2.05, 4.69) is 9.62 Å². The summed E-state index contributed by atoms with van der Waals surface area (Å²) in [4.78, 5) is 2.15. The van der Waals surface area contributed by atoms with Crippen LogP contribution >= 0.6 is 23.2 Å². The predicted molar refractivity (Wildman–Crippen MR) is 86.3 cm³/mol. The fourth-order valence-electron chi connectivity index (χ4n) is 2.48. The highest BCUT2D eigenvalue weighted by atomic mass is 35.5. The first-order valence-corrected chi connectivity index (χ1v) is 9.03. The Balaban J connectivity index is 2.11. The Morgan fingerprint density at radius 3 is 2.52 bits per heavy atom. The number of nitrogens with two attached hydrogens (primary N) is 1. The molecule has 0 spiro atoms. The lowest BCUT2D eigenvalue weighted by Gasteiger charge is -2.24. The molecule has 1 aromatic carbocycles. The number of nitrogens with one attached hydrogen (secondary N) is 1. The zero-order valence-electron chi connectivity index (χ0n) is 11.8. The van der Waals surface area contributed by atoms with Gasteiger partial charge in [-0.25, -0.2) is 13.1 Å². The Bertz CT molecular complexity index is 593. The van der Waals surface area contributed by atoms with Gasteiger partial charge in [-0.15, -0.1) is 0 Å². The van der Waals surface area contributed by atoms with Crippen LogP contribution in [0.2, 0.25) is 10.0 Å². The van der Waals surface area contributed by atoms with Crippen molar-refractivity contribution in [3.05, 3.63) is 22.2 Å². The standard InChI is InChI=1S/C13H19Cl2N3O2S/c1-9(18-4-2-3-5-18)8-17-21(19,20)13-11(15)6-10(14)7-12(13)16/h6-7,9,17H,2-5,8,16H2,1H3. The van der Waals surface area contributed by atoms with E-state index in [-0.39, 0.29) is 21.6 Å². The lowest BCUT2D eigenvalue weighted by molar-refractivity contribution is 0.260. The zero-order valence-corrected chi connectivity index (χ0v) is 14.1. The van der Waals surface area contributed by atoms with Crippen LogP contribution in [0.25, 0.3) is 0 Å². The second-order valence-corrected chi connectivity index (χ2v) is 7.80. The van der Waals surface area contributed by atoms with E-state index >= 15 is 0 Å². The average Bonchev–Trinajstić information content (AvgIpc) is 2.88. The van der Waals surface area contributed by atoms with Crippen molar-refractivity contribution in [2.24, 2.45) is 0 Å². The van der Waals surface area contributed by atoms with Crippen LogP contribution in [0.1, 0.15) is 19.8 Å². The molecule has 118 valence electrons. The number of benzene rings is 1. The fraction of sp³-hybridized carbons (Fsp3) is 0.538. The number of nitrogen functional groups attached to an aromatic ring is 1. The van der Waals surface area contributed by atoms with Gasteiger partial charge in [0.25, 0.3) is 0 Å². The van der Waals surface area contributed by atoms with Crippen molar-refractivity contribution in [1.82, 2.24) is 9.62 Å². The van der Waals surface area contributed by atoms with Crippen LogP contribution in [0.3, 0.4) is 0 Å². The summed E-state index contributed by atoms with van der Waals surface area (Å²) in [7, 11) is -3.76. The first-order valence-electron chi connectivity index (χ1n) is 6.79. The zero-order chi connectivity index (χ0) is 15.6. The monoisotopic (exact) mass is 351 g/mol. The summed E-state index contributed by atoms with van der Waals surface area (Å²) in [5.74, 6) is 0. The molecule has 1 atom stereocenters. The Morgan fingerprint density at radius 2 is 1.95 bits per heavy atom. The molecule has 1 fully saturated rings. The largest absolute Gasteiger partial charge is 0.398 e. The molecule has 1 unspecified atom stereocenters. The molecule has 5 nitrogen and oxygen atoms in total. The van der Waals surface area contributed by atoms with Gasteiger partial charge in [0.2, 0.25) is 10.0 Å². The maximum atomic E-state index is 12.4. The van der Waals surface area contributed by atoms with E-state index in [9.17, 15) is 8.42 Å². The van der Waals surface area contributed by atoms with Gasteiger partial charge < -0.3 is 5.73 Å². The smallest absolute Gasteiger partial charge is 0.244 e. The van der Waals surface area contributed by atoms with Gasteiger partial charge in [0.05, 0.1) is 10.7 Å². The summed E-state index contributed by atoms with van der Waals surface area (Å²) in [6.45, 7) is 4.33. The molecule has 0 aromatic heterocycles. The van der Waals surface area contributed by atoms with Crippen molar-refractivity contribution in [2.75, 3.05) is 25.4 Å². The number of hydrogen-bond donors (Lipinski definition) is 2. The number of halogens is 2. The molecule has 8 heteroatoms. The second kappa shape index (κ2) is 6.71. The second-order valence-electron chi connectivity index (χ2n) is 5.25. The van der Waals surface area contributed by atoms with Gasteiger partial charge in [-0.2, -0.15) is 0 Å². The molecular weight excluding hydrogens is 333 g/mol. The van der Waals surface area contributed by atoms with Gasteiger partial charge in [-0.1, -0.05) is 23.2 Å². The van der Waals surface area contributed by atoms with Crippen molar-refractivity contribution >= 4 is 38.9 Å². The molecule has 0 radical (unpaired) electrons. The van der Waals surface area contributed by atoms with Crippen molar-refractivity contribution in [3.63, 3.8) is 0 Å². The van der Waals surface area contributed by atoms with Gasteiger partial charge in [-0.05, 0) is 45.0 Å². The molecule has 0 bridgehead atoms. The molecule has 1 aliphatic rings. The third-order valence-electron chi connectivity index (χ3n) is 3.64. The van der Waals surface area contributed by atoms with Crippen molar-refractivity contribution in [1.29, 1.82) is 0 Å². The van der Waals surface area contributed by atoms with Crippen molar-refractivity contribution in [3.8, 4) is 0 Å². The van der Waals surface area contributed by atoms with Gasteiger partial charge in [-0.3, -0.25) is 4.90 Å². The van der Waals surface area contributed by atoms with E-state index < -0.39 is 10.0 Å². The molecule has 0 amide bonds. The fourth-order valence-corrected chi connectivity index (χ4v) is 4.58. The first kappa shape index (κ1) is 16.8. The quantitative estimate of drug-likeness (QED) is 0.798. The lowest BCUT2D eigenvalue weighted by Crippen LogP contribution is -2.40. The van der Waals surface area contributed by atoms with Crippen LogP contribution in [0.4, 0.5) is 5.69 Å². The minimum Gasteiger partial charge on any atom is -0.398 e. The number of anilines is 1. The van der Waals surface area contributed by atoms with Gasteiger partial charge in [0, 0.05) is 17.6 Å². The van der Waals surface area contributed by atoms with Crippen LogP contribution in [0.15, 0.2) is 17.0 Å². The molecule has 1 heterocycles. The van der Waals surface area contributed by atoms with Crippen molar-refractivity contribution < 1.29 is 8.42 Å². The Labute approximate surface area is 135 Å². The third kappa shape index (κ3) is 4.02. The third-order valence-corrected chi connectivity index (χ3v) is 5.81. The Morgan fingerprint density at radius 1 is 1.33 bits per heavy atom. The van der Waals surface area contributed by atoms with Crippen LogP contribution in [-0.4, -0.2) is 39.0 Å². The molecule has 1 aliphatic heterocycles. The van der Waals surface area contributed by atoms with E-state index in [0.29, 0.717) is 11.6 Å². The Hall–Kier alpha value is -0.530. The number of rotatable bonds is 5. The SMILES string of the molecule is CC(CNS(=O)(=O)c1c(N)cc(Cl)cc1Cl)N1CCCC1. The number of hydrogen-bond acceptors (Lipinski definition) is 4. The molecule has 1 aromatic rings. The molecule has 21 heavy (non-hydrogen) atoms. The maximum Gasteiger partial charge on any atom is 0.244 e. The summed E-state index contributed by atoms with van der Waals surface area (Å²) < 4.78 is 27.3. The minimum atomic E-state index is -3.76. The summed E-state index contributed by atoms with van der Waals surface area (Å²) >= 11 is 11.8. The van der Waals surface area contributed by atoms with Gasteiger partial charge >= 0.3 is 0 Å². The van der Waals surface area contributed by atoms with E-state index in [0.717, 1.165) is 25.9 Å². The molecule has 1 saturated heterocycles. The van der Waals surface area contributed by atoms with Crippen LogP contribution in [0.5, 0.6) is 0 Å². The summed E-state index contributed by atoms with van der Waals surface area (Å²) in [5.41, 5.74) is 5.79. The van der Waals surface area contributed by atoms with E-state index in [1.807, 2.05) is 6.92 Å². The summed E-state index contributed by atoms with van der Waals surface area (Å²) in [5, 5.41) is 0.336. The number of sulfonamides is 1. The Kier molecular flexibility index (Phi) is 5.38. The van der Waals surface area contributed by atoms with Crippen LogP contribution < -0.4 is 10.5 Å². The van der Waals surface area contributed by atoms with E-state index in [1.54, 1.807) is 0 Å². The first-order chi connectivity index (χ1) is 9.81. The minimum absolute atomic E-state index is 0.0290. The maximum absolute atomic E-state index is 12.4. The summed E-state index contributed by atoms with van der Waals surface area (Å²) in [6, 6.07) is 2.89. The summed E-state index contributed by atoms with van der Waals surface area (Å²) in [6.07, 6.45) is 2.32. The van der Waals surface area contributed by atoms with Crippen LogP contribution in [-0.2, 0) is 10.0 Å². The number of nitrogens with zero attached hydrogens (tertiary/aromatic N) is 1. The molecule has 0 saturated carbocycles. The highest BCUT2D eigenvalue weighted by Crippen LogP contribution is 2.30. The van der Waals surface area contributed by atoms with Gasteiger partial charge in [0.15, 0.2) is 0 Å². The van der Waals surface area contributed by atoms with E-state index in [4.69, 9.17) is 28.9 Å². The van der Waals surface area contributed by atoms with Crippen LogP contribution in [0, 0.1) is 0 Å². The topological polar surface area (TPSA) is 75.4 Å². The number of likely N-dealkylation sites (tertiary alicyclic amines) is 1. The molecule has 3 N–H and O–H groups in total. The molecule has 2 rings (SSSR count). The predicted octanol–water partition coefficient (Wildman–Crippen LogP) is 2.34. The van der Waals surface area contributed by atoms with E-state index in [1.165, 1.54) is 12.1 Å². The lowest BCUT2D eigenvalue weighted by atomic mass is 10.3. The highest BCUT2D eigenvalue weighted by Gasteiger charge is 2.24.